The van der Waals surface area contributed by atoms with Crippen LogP contribution in [0, 0.1) is 35.5 Å². The van der Waals surface area contributed by atoms with Crippen LogP contribution in [-0.4, -0.2) is 19.4 Å². The molecule has 96 valence electrons. The summed E-state index contributed by atoms with van der Waals surface area (Å²) in [5.74, 6) is 5.22. The third-order valence-electron chi connectivity index (χ3n) is 5.74. The maximum Gasteiger partial charge on any atom is 0.149 e. The summed E-state index contributed by atoms with van der Waals surface area (Å²) >= 11 is 0. The van der Waals surface area contributed by atoms with Crippen LogP contribution in [0.2, 0.25) is 0 Å². The Morgan fingerprint density at radius 3 is 2.12 bits per heavy atom. The SMILES string of the molecule is CNCC(=O)C(C)C1C2CC3CC(C2)CC1C3. The first kappa shape index (κ1) is 11.7. The quantitative estimate of drug-likeness (QED) is 0.811. The second-order valence-corrected chi connectivity index (χ2v) is 6.79. The first-order chi connectivity index (χ1) is 8.19. The number of likely N-dealkylation sites (N-methyl/N-ethyl adjacent to an activating group) is 1. The van der Waals surface area contributed by atoms with Crippen LogP contribution in [0.4, 0.5) is 0 Å². The van der Waals surface area contributed by atoms with Crippen molar-refractivity contribution in [1.82, 2.24) is 5.32 Å². The maximum atomic E-state index is 12.1. The number of Topliss-reactive ketones (excluding diaryl/α,β-unsaturated/α-hetero) is 1. The van der Waals surface area contributed by atoms with E-state index >= 15 is 0 Å². The molecule has 4 aliphatic rings. The van der Waals surface area contributed by atoms with Crippen molar-refractivity contribution < 1.29 is 4.79 Å². The van der Waals surface area contributed by atoms with E-state index < -0.39 is 0 Å². The summed E-state index contributed by atoms with van der Waals surface area (Å²) < 4.78 is 0. The second kappa shape index (κ2) is 4.38. The molecule has 4 saturated carbocycles. The molecule has 0 spiro atoms. The molecule has 4 bridgehead atoms. The molecule has 2 nitrogen and oxygen atoms in total. The van der Waals surface area contributed by atoms with E-state index in [-0.39, 0.29) is 5.92 Å². The molecule has 4 rings (SSSR count). The number of nitrogens with one attached hydrogen (secondary N) is 1. The first-order valence-electron chi connectivity index (χ1n) is 7.36. The lowest BCUT2D eigenvalue weighted by Crippen LogP contribution is -2.49. The zero-order valence-electron chi connectivity index (χ0n) is 11.1. The number of hydrogen-bond acceptors (Lipinski definition) is 2. The van der Waals surface area contributed by atoms with Crippen LogP contribution in [0.1, 0.15) is 39.0 Å². The van der Waals surface area contributed by atoms with Gasteiger partial charge in [-0.15, -0.1) is 0 Å². The highest BCUT2D eigenvalue weighted by Gasteiger charge is 2.50. The van der Waals surface area contributed by atoms with Gasteiger partial charge in [-0.1, -0.05) is 6.92 Å². The lowest BCUT2D eigenvalue weighted by atomic mass is 9.49. The van der Waals surface area contributed by atoms with Gasteiger partial charge in [-0.3, -0.25) is 4.79 Å². The molecule has 4 fully saturated rings. The molecule has 2 heteroatoms. The van der Waals surface area contributed by atoms with E-state index in [1.54, 1.807) is 0 Å². The van der Waals surface area contributed by atoms with Crippen molar-refractivity contribution in [3.63, 3.8) is 0 Å². The fourth-order valence-corrected chi connectivity index (χ4v) is 5.33. The molecule has 1 N–H and O–H groups in total. The lowest BCUT2D eigenvalue weighted by molar-refractivity contribution is -0.130. The average molecular weight is 235 g/mol. The Bertz CT molecular complexity index is 284. The molecule has 0 saturated heterocycles. The summed E-state index contributed by atoms with van der Waals surface area (Å²) in [6.07, 6.45) is 7.20. The van der Waals surface area contributed by atoms with Crippen molar-refractivity contribution in [2.75, 3.05) is 13.6 Å². The molecule has 4 aliphatic carbocycles. The smallest absolute Gasteiger partial charge is 0.149 e. The summed E-state index contributed by atoms with van der Waals surface area (Å²) in [7, 11) is 1.88. The minimum Gasteiger partial charge on any atom is -0.313 e. The van der Waals surface area contributed by atoms with Gasteiger partial charge in [0.25, 0.3) is 0 Å². The Hall–Kier alpha value is -0.370. The van der Waals surface area contributed by atoms with Crippen molar-refractivity contribution >= 4 is 5.78 Å². The Kier molecular flexibility index (Phi) is 3.02. The van der Waals surface area contributed by atoms with Crippen LogP contribution < -0.4 is 5.32 Å². The monoisotopic (exact) mass is 235 g/mol. The first-order valence-corrected chi connectivity index (χ1v) is 7.36. The van der Waals surface area contributed by atoms with Gasteiger partial charge in [0.1, 0.15) is 5.78 Å². The van der Waals surface area contributed by atoms with Gasteiger partial charge in [0, 0.05) is 5.92 Å². The molecule has 0 amide bonds. The predicted molar refractivity (Wildman–Crippen MR) is 68.6 cm³/mol. The third kappa shape index (κ3) is 1.95. The van der Waals surface area contributed by atoms with Crippen molar-refractivity contribution in [1.29, 1.82) is 0 Å². The van der Waals surface area contributed by atoms with Gasteiger partial charge in [-0.05, 0) is 68.7 Å². The van der Waals surface area contributed by atoms with E-state index in [0.717, 1.165) is 23.7 Å². The van der Waals surface area contributed by atoms with E-state index in [2.05, 4.69) is 12.2 Å². The highest BCUT2D eigenvalue weighted by molar-refractivity contribution is 5.83. The molecule has 0 aliphatic heterocycles. The second-order valence-electron chi connectivity index (χ2n) is 6.79. The molecule has 1 unspecified atom stereocenters. The molecular formula is C15H25NO. The standard InChI is InChI=1S/C15H25NO/c1-9(14(17)8-16-2)15-12-4-10-3-11(6-12)7-13(15)5-10/h9-13,15-16H,3-8H2,1-2H3. The van der Waals surface area contributed by atoms with Crippen LogP contribution in [0.25, 0.3) is 0 Å². The van der Waals surface area contributed by atoms with E-state index in [0.29, 0.717) is 18.2 Å². The normalized spacial score (nSPS) is 44.9. The predicted octanol–water partition coefficient (Wildman–Crippen LogP) is 2.48. The molecule has 0 heterocycles. The Morgan fingerprint density at radius 2 is 1.65 bits per heavy atom. The van der Waals surface area contributed by atoms with Gasteiger partial charge in [-0.25, -0.2) is 0 Å². The van der Waals surface area contributed by atoms with Crippen molar-refractivity contribution in [3.05, 3.63) is 0 Å². The molecule has 0 aromatic carbocycles. The van der Waals surface area contributed by atoms with Gasteiger partial charge in [0.2, 0.25) is 0 Å². The van der Waals surface area contributed by atoms with Crippen molar-refractivity contribution in [3.8, 4) is 0 Å². The summed E-state index contributed by atoms with van der Waals surface area (Å²) in [6, 6.07) is 0. The molecule has 17 heavy (non-hydrogen) atoms. The molecule has 0 aromatic heterocycles. The summed E-state index contributed by atoms with van der Waals surface area (Å²) in [5, 5.41) is 3.02. The largest absolute Gasteiger partial charge is 0.313 e. The Morgan fingerprint density at radius 1 is 1.12 bits per heavy atom. The van der Waals surface area contributed by atoms with Gasteiger partial charge in [0.05, 0.1) is 6.54 Å². The highest BCUT2D eigenvalue weighted by Crippen LogP contribution is 2.58. The zero-order chi connectivity index (χ0) is 12.0. The summed E-state index contributed by atoms with van der Waals surface area (Å²) in [4.78, 5) is 12.1. The summed E-state index contributed by atoms with van der Waals surface area (Å²) in [6.45, 7) is 2.75. The number of hydrogen-bond donors (Lipinski definition) is 1. The van der Waals surface area contributed by atoms with Gasteiger partial charge < -0.3 is 5.32 Å². The van der Waals surface area contributed by atoms with Crippen LogP contribution in [0.15, 0.2) is 0 Å². The lowest BCUT2D eigenvalue weighted by Gasteiger charge is -2.56. The van der Waals surface area contributed by atoms with Gasteiger partial charge in [0.15, 0.2) is 0 Å². The highest BCUT2D eigenvalue weighted by atomic mass is 16.1. The molecular weight excluding hydrogens is 210 g/mol. The van der Waals surface area contributed by atoms with Crippen molar-refractivity contribution in [2.24, 2.45) is 35.5 Å². The number of carbonyl (C=O) groups excluding carboxylic acids is 1. The minimum absolute atomic E-state index is 0.289. The van der Waals surface area contributed by atoms with Crippen LogP contribution in [-0.2, 0) is 4.79 Å². The number of carbonyl (C=O) groups is 1. The Balaban J connectivity index is 1.73. The zero-order valence-corrected chi connectivity index (χ0v) is 11.1. The van der Waals surface area contributed by atoms with Crippen LogP contribution in [0.5, 0.6) is 0 Å². The number of ketones is 1. The number of rotatable bonds is 4. The van der Waals surface area contributed by atoms with E-state index in [1.807, 2.05) is 7.05 Å². The van der Waals surface area contributed by atoms with E-state index in [1.165, 1.54) is 32.1 Å². The maximum absolute atomic E-state index is 12.1. The van der Waals surface area contributed by atoms with Gasteiger partial charge >= 0.3 is 0 Å². The van der Waals surface area contributed by atoms with Gasteiger partial charge in [-0.2, -0.15) is 0 Å². The van der Waals surface area contributed by atoms with E-state index in [9.17, 15) is 4.79 Å². The van der Waals surface area contributed by atoms with Crippen molar-refractivity contribution in [2.45, 2.75) is 39.0 Å². The summed E-state index contributed by atoms with van der Waals surface area (Å²) in [5.41, 5.74) is 0. The fraction of sp³-hybridized carbons (Fsp3) is 0.933. The third-order valence-corrected chi connectivity index (χ3v) is 5.74. The Labute approximate surface area is 105 Å². The van der Waals surface area contributed by atoms with Crippen LogP contribution in [0.3, 0.4) is 0 Å². The molecule has 0 aromatic rings. The minimum atomic E-state index is 0.289. The molecule has 1 atom stereocenters. The topological polar surface area (TPSA) is 29.1 Å². The van der Waals surface area contributed by atoms with Crippen LogP contribution >= 0.6 is 0 Å². The van der Waals surface area contributed by atoms with E-state index in [4.69, 9.17) is 0 Å². The fourth-order valence-electron chi connectivity index (χ4n) is 5.33. The average Bonchev–Trinajstić information content (AvgIpc) is 2.27. The molecule has 0 radical (unpaired) electrons.